The van der Waals surface area contributed by atoms with E-state index in [4.69, 9.17) is 14.5 Å². The molecule has 0 bridgehead atoms. The van der Waals surface area contributed by atoms with Gasteiger partial charge in [0, 0.05) is 13.0 Å². The third-order valence-electron chi connectivity index (χ3n) is 2.76. The summed E-state index contributed by atoms with van der Waals surface area (Å²) in [4.78, 5) is 39.6. The van der Waals surface area contributed by atoms with E-state index in [1.165, 1.54) is 0 Å². The zero-order valence-electron chi connectivity index (χ0n) is 12.5. The van der Waals surface area contributed by atoms with Crippen LogP contribution in [0.25, 0.3) is 0 Å². The van der Waals surface area contributed by atoms with Gasteiger partial charge in [-0.25, -0.2) is 9.36 Å². The molecule has 128 valence electrons. The van der Waals surface area contributed by atoms with Gasteiger partial charge in [-0.1, -0.05) is 30.3 Å². The van der Waals surface area contributed by atoms with Gasteiger partial charge in [-0.3, -0.25) is 9.32 Å². The summed E-state index contributed by atoms with van der Waals surface area (Å²) in [7, 11) is -4.61. The molecule has 1 rings (SSSR count). The third-order valence-corrected chi connectivity index (χ3v) is 3.22. The number of unbranched alkanes of at least 4 members (excludes halogenated alkanes) is 1. The molecule has 0 spiro atoms. The number of ketones is 1. The van der Waals surface area contributed by atoms with Crippen molar-refractivity contribution >= 4 is 19.7 Å². The molecule has 0 unspecified atom stereocenters. The van der Waals surface area contributed by atoms with E-state index < -0.39 is 26.3 Å². The summed E-state index contributed by atoms with van der Waals surface area (Å²) in [6.45, 7) is -0.0814. The van der Waals surface area contributed by atoms with Crippen molar-refractivity contribution in [1.82, 2.24) is 5.32 Å². The quantitative estimate of drug-likeness (QED) is 0.436. The maximum absolute atomic E-state index is 11.4. The minimum Gasteiger partial charge on any atom is -0.445 e. The van der Waals surface area contributed by atoms with E-state index in [9.17, 15) is 14.2 Å². The Kier molecular flexibility index (Phi) is 8.50. The minimum absolute atomic E-state index is 0.126. The second-order valence-electron chi connectivity index (χ2n) is 4.75. The lowest BCUT2D eigenvalue weighted by molar-refractivity contribution is -0.121. The summed E-state index contributed by atoms with van der Waals surface area (Å²) in [6, 6.07) is 9.26. The fourth-order valence-electron chi connectivity index (χ4n) is 1.64. The average Bonchev–Trinajstić information content (AvgIpc) is 2.51. The average molecular weight is 345 g/mol. The molecule has 0 saturated carbocycles. The molecule has 1 aromatic rings. The van der Waals surface area contributed by atoms with Gasteiger partial charge in [0.2, 0.25) is 0 Å². The number of benzene rings is 1. The highest BCUT2D eigenvalue weighted by Crippen LogP contribution is 2.35. The topological polar surface area (TPSA) is 122 Å². The zero-order chi connectivity index (χ0) is 17.1. The van der Waals surface area contributed by atoms with Gasteiger partial charge in [-0.2, -0.15) is 0 Å². The highest BCUT2D eigenvalue weighted by atomic mass is 31.2. The molecule has 0 saturated heterocycles. The summed E-state index contributed by atoms with van der Waals surface area (Å²) in [5.74, 6) is -0.403. The maximum atomic E-state index is 11.4. The first kappa shape index (κ1) is 19.3. The molecule has 1 amide bonds. The Balaban J connectivity index is 2.03. The van der Waals surface area contributed by atoms with Crippen molar-refractivity contribution in [1.29, 1.82) is 0 Å². The number of hydrogen-bond donors (Lipinski definition) is 3. The smallest absolute Gasteiger partial charge is 0.445 e. The Morgan fingerprint density at radius 3 is 2.48 bits per heavy atom. The number of amides is 1. The number of phosphoric acid groups is 1. The molecule has 0 fully saturated rings. The number of rotatable bonds is 10. The Labute approximate surface area is 134 Å². The van der Waals surface area contributed by atoms with Gasteiger partial charge in [0.05, 0.1) is 0 Å². The molecule has 0 radical (unpaired) electrons. The third kappa shape index (κ3) is 10.6. The second-order valence-corrected chi connectivity index (χ2v) is 5.99. The summed E-state index contributed by atoms with van der Waals surface area (Å²) in [5.41, 5.74) is 0.887. The zero-order valence-corrected chi connectivity index (χ0v) is 13.4. The van der Waals surface area contributed by atoms with Crippen molar-refractivity contribution in [3.63, 3.8) is 0 Å². The lowest BCUT2D eigenvalue weighted by Gasteiger charge is -2.07. The molecule has 0 atom stereocenters. The molecule has 0 aromatic heterocycles. The SMILES string of the molecule is O=C(CCCCNC(=O)OCc1ccccc1)COP(=O)(O)O. The summed E-state index contributed by atoms with van der Waals surface area (Å²) < 4.78 is 19.5. The largest absolute Gasteiger partial charge is 0.470 e. The van der Waals surface area contributed by atoms with Gasteiger partial charge in [0.25, 0.3) is 0 Å². The monoisotopic (exact) mass is 345 g/mol. The highest BCUT2D eigenvalue weighted by molar-refractivity contribution is 7.46. The van der Waals surface area contributed by atoms with E-state index in [-0.39, 0.29) is 13.0 Å². The number of phosphoric ester groups is 1. The number of ether oxygens (including phenoxy) is 1. The Morgan fingerprint density at radius 1 is 1.13 bits per heavy atom. The molecule has 0 aliphatic rings. The minimum atomic E-state index is -4.61. The van der Waals surface area contributed by atoms with E-state index in [0.717, 1.165) is 5.56 Å². The summed E-state index contributed by atoms with van der Waals surface area (Å²) >= 11 is 0. The molecule has 1 aromatic carbocycles. The van der Waals surface area contributed by atoms with Gasteiger partial charge in [-0.05, 0) is 18.4 Å². The van der Waals surface area contributed by atoms with Crippen molar-refractivity contribution in [3.05, 3.63) is 35.9 Å². The number of carbonyl (C=O) groups excluding carboxylic acids is 2. The van der Waals surface area contributed by atoms with E-state index in [1.807, 2.05) is 30.3 Å². The predicted molar refractivity (Wildman–Crippen MR) is 81.5 cm³/mol. The van der Waals surface area contributed by atoms with Crippen LogP contribution >= 0.6 is 7.82 Å². The predicted octanol–water partition coefficient (Wildman–Crippen LogP) is 1.76. The lowest BCUT2D eigenvalue weighted by atomic mass is 10.2. The van der Waals surface area contributed by atoms with E-state index in [0.29, 0.717) is 19.4 Å². The van der Waals surface area contributed by atoms with Gasteiger partial charge in [-0.15, -0.1) is 0 Å². The van der Waals surface area contributed by atoms with Crippen molar-refractivity contribution in [2.75, 3.05) is 13.2 Å². The normalized spacial score (nSPS) is 11.0. The van der Waals surface area contributed by atoms with Gasteiger partial charge < -0.3 is 19.8 Å². The standard InChI is InChI=1S/C14H20NO7P/c16-13(11-22-23(18,19)20)8-4-5-9-15-14(17)21-10-12-6-2-1-3-7-12/h1-3,6-7H,4-5,8-11H2,(H,15,17)(H2,18,19,20). The van der Waals surface area contributed by atoms with Crippen LogP contribution in [-0.4, -0.2) is 34.8 Å². The van der Waals surface area contributed by atoms with Crippen LogP contribution in [0.2, 0.25) is 0 Å². The molecular weight excluding hydrogens is 325 g/mol. The van der Waals surface area contributed by atoms with Crippen molar-refractivity contribution in [2.24, 2.45) is 0 Å². The fourth-order valence-corrected chi connectivity index (χ4v) is 1.95. The Hall–Kier alpha value is -1.73. The number of alkyl carbamates (subject to hydrolysis) is 1. The van der Waals surface area contributed by atoms with Crippen LogP contribution in [0.3, 0.4) is 0 Å². The number of Topliss-reactive ketones (excluding diaryl/α,β-unsaturated/α-hetero) is 1. The van der Waals surface area contributed by atoms with Crippen molar-refractivity contribution < 1.29 is 33.2 Å². The highest BCUT2D eigenvalue weighted by Gasteiger charge is 2.15. The molecular formula is C14H20NO7P. The molecule has 0 heterocycles. The van der Waals surface area contributed by atoms with Gasteiger partial charge in [0.15, 0.2) is 5.78 Å². The van der Waals surface area contributed by atoms with Crippen molar-refractivity contribution in [3.8, 4) is 0 Å². The second kappa shape index (κ2) is 10.1. The van der Waals surface area contributed by atoms with Crippen LogP contribution in [0.15, 0.2) is 30.3 Å². The van der Waals surface area contributed by atoms with E-state index >= 15 is 0 Å². The van der Waals surface area contributed by atoms with Crippen LogP contribution < -0.4 is 5.32 Å². The molecule has 9 heteroatoms. The first-order chi connectivity index (χ1) is 10.9. The van der Waals surface area contributed by atoms with Crippen LogP contribution in [0.4, 0.5) is 4.79 Å². The van der Waals surface area contributed by atoms with Crippen LogP contribution in [0, 0.1) is 0 Å². The number of carbonyl (C=O) groups is 2. The summed E-state index contributed by atoms with van der Waals surface area (Å²) in [5, 5.41) is 2.55. The van der Waals surface area contributed by atoms with Crippen LogP contribution in [-0.2, 0) is 25.2 Å². The van der Waals surface area contributed by atoms with Crippen LogP contribution in [0.1, 0.15) is 24.8 Å². The van der Waals surface area contributed by atoms with Gasteiger partial charge >= 0.3 is 13.9 Å². The van der Waals surface area contributed by atoms with E-state index in [1.54, 1.807) is 0 Å². The first-order valence-electron chi connectivity index (χ1n) is 7.03. The Morgan fingerprint density at radius 2 is 1.83 bits per heavy atom. The summed E-state index contributed by atoms with van der Waals surface area (Å²) in [6.07, 6.45) is 0.607. The number of hydrogen-bond acceptors (Lipinski definition) is 5. The molecule has 0 aliphatic heterocycles. The van der Waals surface area contributed by atoms with Crippen molar-refractivity contribution in [2.45, 2.75) is 25.9 Å². The number of nitrogens with one attached hydrogen (secondary N) is 1. The first-order valence-corrected chi connectivity index (χ1v) is 8.56. The van der Waals surface area contributed by atoms with E-state index in [2.05, 4.69) is 9.84 Å². The van der Waals surface area contributed by atoms with Crippen LogP contribution in [0.5, 0.6) is 0 Å². The molecule has 23 heavy (non-hydrogen) atoms. The van der Waals surface area contributed by atoms with Gasteiger partial charge in [0.1, 0.15) is 13.2 Å². The molecule has 3 N–H and O–H groups in total. The molecule has 8 nitrogen and oxygen atoms in total. The maximum Gasteiger partial charge on any atom is 0.470 e. The fraction of sp³-hybridized carbons (Fsp3) is 0.429. The Bertz CT molecular complexity index is 543. The lowest BCUT2D eigenvalue weighted by Crippen LogP contribution is -2.25. The molecule has 0 aliphatic carbocycles.